The van der Waals surface area contributed by atoms with Crippen molar-refractivity contribution in [2.45, 2.75) is 25.7 Å². The second kappa shape index (κ2) is 7.49. The molecule has 0 radical (unpaired) electrons. The summed E-state index contributed by atoms with van der Waals surface area (Å²) in [6.07, 6.45) is 0.799. The SMILES string of the molecule is COC(OC)C(C)NCCCN. The first kappa shape index (κ1) is 11.8. The maximum Gasteiger partial charge on any atom is 0.171 e. The van der Waals surface area contributed by atoms with Gasteiger partial charge in [-0.2, -0.15) is 0 Å². The molecule has 12 heavy (non-hydrogen) atoms. The number of hydrogen-bond acceptors (Lipinski definition) is 4. The smallest absolute Gasteiger partial charge is 0.171 e. The Hall–Kier alpha value is -0.160. The topological polar surface area (TPSA) is 56.5 Å². The van der Waals surface area contributed by atoms with E-state index >= 15 is 0 Å². The zero-order valence-corrected chi connectivity index (χ0v) is 8.17. The standard InChI is InChI=1S/C8H20N2O2/c1-7(8(11-2)12-3)10-6-4-5-9/h7-8,10H,4-6,9H2,1-3H3. The predicted octanol–water partition coefficient (Wildman–Crippen LogP) is -0.0678. The largest absolute Gasteiger partial charge is 0.354 e. The van der Waals surface area contributed by atoms with Gasteiger partial charge in [-0.25, -0.2) is 0 Å². The second-order valence-corrected chi connectivity index (χ2v) is 2.72. The summed E-state index contributed by atoms with van der Waals surface area (Å²) < 4.78 is 10.2. The first-order valence-corrected chi connectivity index (χ1v) is 4.25. The van der Waals surface area contributed by atoms with Gasteiger partial charge in [0, 0.05) is 14.2 Å². The summed E-state index contributed by atoms with van der Waals surface area (Å²) in [7, 11) is 3.27. The average molecular weight is 176 g/mol. The van der Waals surface area contributed by atoms with E-state index in [2.05, 4.69) is 5.32 Å². The quantitative estimate of drug-likeness (QED) is 0.421. The summed E-state index contributed by atoms with van der Waals surface area (Å²) in [5.74, 6) is 0. The van der Waals surface area contributed by atoms with E-state index in [-0.39, 0.29) is 12.3 Å². The third kappa shape index (κ3) is 4.66. The van der Waals surface area contributed by atoms with E-state index in [9.17, 15) is 0 Å². The summed E-state index contributed by atoms with van der Waals surface area (Å²) in [4.78, 5) is 0. The fourth-order valence-electron chi connectivity index (χ4n) is 1.03. The van der Waals surface area contributed by atoms with Crippen LogP contribution in [0.1, 0.15) is 13.3 Å². The monoisotopic (exact) mass is 176 g/mol. The zero-order valence-electron chi connectivity index (χ0n) is 8.17. The van der Waals surface area contributed by atoms with Crippen LogP contribution in [0.15, 0.2) is 0 Å². The van der Waals surface area contributed by atoms with Gasteiger partial charge < -0.3 is 20.5 Å². The lowest BCUT2D eigenvalue weighted by Crippen LogP contribution is -2.40. The molecule has 0 aliphatic carbocycles. The van der Waals surface area contributed by atoms with Crippen molar-refractivity contribution in [2.24, 2.45) is 5.73 Å². The number of rotatable bonds is 7. The van der Waals surface area contributed by atoms with Crippen LogP contribution >= 0.6 is 0 Å². The maximum atomic E-state index is 5.35. The van der Waals surface area contributed by atoms with E-state index in [0.29, 0.717) is 6.54 Å². The summed E-state index contributed by atoms with van der Waals surface area (Å²) in [5, 5.41) is 3.26. The molecular formula is C8H20N2O2. The van der Waals surface area contributed by atoms with Gasteiger partial charge in [0.2, 0.25) is 0 Å². The van der Waals surface area contributed by atoms with Crippen LogP contribution in [0.4, 0.5) is 0 Å². The van der Waals surface area contributed by atoms with Crippen molar-refractivity contribution in [3.05, 3.63) is 0 Å². The van der Waals surface area contributed by atoms with Crippen LogP contribution in [0.2, 0.25) is 0 Å². The van der Waals surface area contributed by atoms with Crippen molar-refractivity contribution < 1.29 is 9.47 Å². The molecule has 0 heterocycles. The van der Waals surface area contributed by atoms with E-state index in [0.717, 1.165) is 13.0 Å². The molecule has 0 saturated heterocycles. The Morgan fingerprint density at radius 2 is 1.92 bits per heavy atom. The summed E-state index contributed by atoms with van der Waals surface area (Å²) in [6.45, 7) is 3.64. The first-order valence-electron chi connectivity index (χ1n) is 4.25. The number of methoxy groups -OCH3 is 2. The van der Waals surface area contributed by atoms with E-state index in [1.165, 1.54) is 0 Å². The molecule has 1 atom stereocenters. The first-order chi connectivity index (χ1) is 5.76. The lowest BCUT2D eigenvalue weighted by molar-refractivity contribution is -0.119. The highest BCUT2D eigenvalue weighted by Crippen LogP contribution is 1.97. The highest BCUT2D eigenvalue weighted by molar-refractivity contribution is 4.64. The molecule has 0 saturated carbocycles. The molecule has 3 N–H and O–H groups in total. The molecule has 0 rings (SSSR count). The summed E-state index contributed by atoms with van der Waals surface area (Å²) >= 11 is 0. The molecule has 0 spiro atoms. The van der Waals surface area contributed by atoms with E-state index < -0.39 is 0 Å². The molecule has 4 heteroatoms. The van der Waals surface area contributed by atoms with Gasteiger partial charge >= 0.3 is 0 Å². The maximum absolute atomic E-state index is 5.35. The van der Waals surface area contributed by atoms with E-state index in [1.807, 2.05) is 6.92 Å². The molecular weight excluding hydrogens is 156 g/mol. The molecule has 4 nitrogen and oxygen atoms in total. The molecule has 0 fully saturated rings. The molecule has 0 aliphatic heterocycles. The van der Waals surface area contributed by atoms with Gasteiger partial charge in [0.1, 0.15) is 0 Å². The van der Waals surface area contributed by atoms with Crippen molar-refractivity contribution >= 4 is 0 Å². The van der Waals surface area contributed by atoms with Gasteiger partial charge in [0.05, 0.1) is 6.04 Å². The molecule has 0 aromatic rings. The van der Waals surface area contributed by atoms with Crippen LogP contribution in [0, 0.1) is 0 Å². The molecule has 1 unspecified atom stereocenters. The van der Waals surface area contributed by atoms with Gasteiger partial charge in [-0.15, -0.1) is 0 Å². The van der Waals surface area contributed by atoms with Crippen molar-refractivity contribution in [2.75, 3.05) is 27.3 Å². The Morgan fingerprint density at radius 3 is 2.33 bits per heavy atom. The second-order valence-electron chi connectivity index (χ2n) is 2.72. The number of nitrogens with two attached hydrogens (primary N) is 1. The van der Waals surface area contributed by atoms with Gasteiger partial charge in [-0.3, -0.25) is 0 Å². The molecule has 0 aromatic heterocycles. The average Bonchev–Trinajstić information content (AvgIpc) is 2.07. The summed E-state index contributed by atoms with van der Waals surface area (Å²) in [6, 6.07) is 0.201. The van der Waals surface area contributed by atoms with Crippen molar-refractivity contribution in [3.63, 3.8) is 0 Å². The summed E-state index contributed by atoms with van der Waals surface area (Å²) in [5.41, 5.74) is 5.35. The van der Waals surface area contributed by atoms with Crippen LogP contribution in [0.25, 0.3) is 0 Å². The van der Waals surface area contributed by atoms with Crippen LogP contribution in [0.5, 0.6) is 0 Å². The third-order valence-electron chi connectivity index (χ3n) is 1.72. The molecule has 0 aromatic carbocycles. The lowest BCUT2D eigenvalue weighted by atomic mass is 10.3. The Kier molecular flexibility index (Phi) is 7.39. The van der Waals surface area contributed by atoms with Crippen LogP contribution in [0.3, 0.4) is 0 Å². The Labute approximate surface area is 74.4 Å². The lowest BCUT2D eigenvalue weighted by Gasteiger charge is -2.21. The Bertz CT molecular complexity index is 97.1. The minimum absolute atomic E-state index is 0.178. The Morgan fingerprint density at radius 1 is 1.33 bits per heavy atom. The Balaban J connectivity index is 3.47. The fourth-order valence-corrected chi connectivity index (χ4v) is 1.03. The van der Waals surface area contributed by atoms with Gasteiger partial charge in [0.25, 0.3) is 0 Å². The van der Waals surface area contributed by atoms with Gasteiger partial charge in [0.15, 0.2) is 6.29 Å². The number of nitrogens with one attached hydrogen (secondary N) is 1. The molecule has 74 valence electrons. The predicted molar refractivity (Wildman–Crippen MR) is 48.9 cm³/mol. The molecule has 0 bridgehead atoms. The fraction of sp³-hybridized carbons (Fsp3) is 1.00. The molecule has 0 aliphatic rings. The third-order valence-corrected chi connectivity index (χ3v) is 1.72. The molecule has 0 amide bonds. The van der Waals surface area contributed by atoms with Crippen LogP contribution in [-0.2, 0) is 9.47 Å². The zero-order chi connectivity index (χ0) is 9.40. The highest BCUT2D eigenvalue weighted by atomic mass is 16.7. The number of hydrogen-bond donors (Lipinski definition) is 2. The van der Waals surface area contributed by atoms with E-state index in [1.54, 1.807) is 14.2 Å². The van der Waals surface area contributed by atoms with Crippen molar-refractivity contribution in [3.8, 4) is 0 Å². The minimum Gasteiger partial charge on any atom is -0.354 e. The normalized spacial score (nSPS) is 13.8. The number of ether oxygens (including phenoxy) is 2. The van der Waals surface area contributed by atoms with Gasteiger partial charge in [-0.05, 0) is 26.4 Å². The van der Waals surface area contributed by atoms with Crippen molar-refractivity contribution in [1.29, 1.82) is 0 Å². The highest BCUT2D eigenvalue weighted by Gasteiger charge is 2.13. The van der Waals surface area contributed by atoms with E-state index in [4.69, 9.17) is 15.2 Å². The van der Waals surface area contributed by atoms with Crippen LogP contribution < -0.4 is 11.1 Å². The van der Waals surface area contributed by atoms with Crippen LogP contribution in [-0.4, -0.2) is 39.6 Å². The van der Waals surface area contributed by atoms with Gasteiger partial charge in [-0.1, -0.05) is 0 Å². The van der Waals surface area contributed by atoms with Crippen molar-refractivity contribution in [1.82, 2.24) is 5.32 Å². The minimum atomic E-state index is -0.178.